The van der Waals surface area contributed by atoms with Crippen molar-refractivity contribution in [3.8, 4) is 5.75 Å². The molecule has 0 atom stereocenters. The molecule has 21 heavy (non-hydrogen) atoms. The van der Waals surface area contributed by atoms with Crippen molar-refractivity contribution >= 4 is 5.97 Å². The molecule has 0 bridgehead atoms. The minimum atomic E-state index is -4.63. The van der Waals surface area contributed by atoms with E-state index in [1.54, 1.807) is 0 Å². The summed E-state index contributed by atoms with van der Waals surface area (Å²) in [5.74, 6) is -0.802. The minimum Gasteiger partial charge on any atom is -0.490 e. The maximum Gasteiger partial charge on any atom is 0.417 e. The summed E-state index contributed by atoms with van der Waals surface area (Å²) < 4.78 is 48.9. The molecule has 1 saturated carbocycles. The van der Waals surface area contributed by atoms with Crippen molar-refractivity contribution < 1.29 is 27.4 Å². The van der Waals surface area contributed by atoms with Gasteiger partial charge in [-0.05, 0) is 38.0 Å². The van der Waals surface area contributed by atoms with Crippen molar-refractivity contribution in [3.05, 3.63) is 29.3 Å². The van der Waals surface area contributed by atoms with E-state index in [0.29, 0.717) is 12.8 Å². The Hall–Kier alpha value is -1.76. The minimum absolute atomic E-state index is 0.00130. The van der Waals surface area contributed by atoms with Crippen LogP contribution in [0.3, 0.4) is 0 Å². The topological polar surface area (TPSA) is 61.5 Å². The maximum absolute atomic E-state index is 12.9. The van der Waals surface area contributed by atoms with Crippen LogP contribution in [0, 0.1) is 0 Å². The molecule has 0 saturated heterocycles. The van der Waals surface area contributed by atoms with Crippen LogP contribution in [0.25, 0.3) is 0 Å². The van der Waals surface area contributed by atoms with Crippen LogP contribution in [-0.4, -0.2) is 24.7 Å². The number of ether oxygens (including phenoxy) is 2. The summed E-state index contributed by atoms with van der Waals surface area (Å²) in [6.45, 7) is 1.53. The van der Waals surface area contributed by atoms with Crippen LogP contribution in [0.5, 0.6) is 5.75 Å². The Morgan fingerprint density at radius 1 is 1.38 bits per heavy atom. The van der Waals surface area contributed by atoms with Crippen molar-refractivity contribution in [1.82, 2.24) is 0 Å². The summed E-state index contributed by atoms with van der Waals surface area (Å²) in [6, 6.07) is 3.18. The summed E-state index contributed by atoms with van der Waals surface area (Å²) in [4.78, 5) is 11.7. The fourth-order valence-corrected chi connectivity index (χ4v) is 2.12. The highest BCUT2D eigenvalue weighted by Crippen LogP contribution is 2.35. The van der Waals surface area contributed by atoms with Crippen molar-refractivity contribution in [3.63, 3.8) is 0 Å². The summed E-state index contributed by atoms with van der Waals surface area (Å²) in [5, 5.41) is 0. The van der Waals surface area contributed by atoms with Gasteiger partial charge in [0.05, 0.1) is 17.7 Å². The lowest BCUT2D eigenvalue weighted by molar-refractivity contribution is -0.138. The summed E-state index contributed by atoms with van der Waals surface area (Å²) in [7, 11) is 0. The number of hydrogen-bond donors (Lipinski definition) is 1. The number of rotatable bonds is 4. The highest BCUT2D eigenvalue weighted by Gasteiger charge is 2.36. The monoisotopic (exact) mass is 303 g/mol. The molecule has 0 heterocycles. The van der Waals surface area contributed by atoms with Gasteiger partial charge in [0.25, 0.3) is 0 Å². The number of carbonyl (C=O) groups is 1. The fourth-order valence-electron chi connectivity index (χ4n) is 2.12. The van der Waals surface area contributed by atoms with Gasteiger partial charge in [0.15, 0.2) is 0 Å². The van der Waals surface area contributed by atoms with Crippen LogP contribution in [0.2, 0.25) is 0 Å². The lowest BCUT2D eigenvalue weighted by Gasteiger charge is -2.32. The van der Waals surface area contributed by atoms with Gasteiger partial charge in [0, 0.05) is 6.04 Å². The van der Waals surface area contributed by atoms with E-state index in [2.05, 4.69) is 4.74 Å². The molecule has 1 aromatic carbocycles. The van der Waals surface area contributed by atoms with Crippen molar-refractivity contribution in [2.45, 2.75) is 38.1 Å². The first kappa shape index (κ1) is 15.6. The van der Waals surface area contributed by atoms with Crippen molar-refractivity contribution in [1.29, 1.82) is 0 Å². The normalized spacial score (nSPS) is 21.6. The van der Waals surface area contributed by atoms with Gasteiger partial charge in [0.2, 0.25) is 0 Å². The summed E-state index contributed by atoms with van der Waals surface area (Å²) in [5.41, 5.74) is 4.05. The number of carbonyl (C=O) groups excluding carboxylic acids is 1. The molecule has 7 heteroatoms. The molecule has 0 aliphatic heterocycles. The number of halogens is 3. The second-order valence-electron chi connectivity index (χ2n) is 4.90. The molecule has 0 amide bonds. The SMILES string of the molecule is CCOC(=O)c1cc(OC2CC(N)C2)ccc1C(F)(F)F. The van der Waals surface area contributed by atoms with Gasteiger partial charge in [-0.15, -0.1) is 0 Å². The molecule has 0 radical (unpaired) electrons. The molecule has 116 valence electrons. The van der Waals surface area contributed by atoms with E-state index in [4.69, 9.17) is 10.5 Å². The molecule has 0 unspecified atom stereocenters. The largest absolute Gasteiger partial charge is 0.490 e. The molecular formula is C14H16F3NO3. The Balaban J connectivity index is 2.25. The zero-order valence-electron chi connectivity index (χ0n) is 11.4. The third-order valence-electron chi connectivity index (χ3n) is 3.23. The van der Waals surface area contributed by atoms with Crippen LogP contribution in [0.15, 0.2) is 18.2 Å². The van der Waals surface area contributed by atoms with E-state index in [0.717, 1.165) is 12.1 Å². The second kappa shape index (κ2) is 5.93. The van der Waals surface area contributed by atoms with Gasteiger partial charge >= 0.3 is 12.1 Å². The lowest BCUT2D eigenvalue weighted by Crippen LogP contribution is -2.43. The summed E-state index contributed by atoms with van der Waals surface area (Å²) in [6.07, 6.45) is -3.45. The van der Waals surface area contributed by atoms with Crippen molar-refractivity contribution in [2.75, 3.05) is 6.61 Å². The third-order valence-corrected chi connectivity index (χ3v) is 3.23. The Labute approximate surface area is 120 Å². The first-order chi connectivity index (χ1) is 9.81. The maximum atomic E-state index is 12.9. The lowest BCUT2D eigenvalue weighted by atomic mass is 9.90. The molecule has 4 nitrogen and oxygen atoms in total. The predicted molar refractivity (Wildman–Crippen MR) is 69.0 cm³/mol. The van der Waals surface area contributed by atoms with E-state index in [1.807, 2.05) is 0 Å². The average Bonchev–Trinajstić information content (AvgIpc) is 2.36. The van der Waals surface area contributed by atoms with Gasteiger partial charge in [-0.3, -0.25) is 0 Å². The number of hydrogen-bond acceptors (Lipinski definition) is 4. The van der Waals surface area contributed by atoms with E-state index < -0.39 is 23.3 Å². The zero-order valence-corrected chi connectivity index (χ0v) is 11.4. The van der Waals surface area contributed by atoms with Gasteiger partial charge in [-0.25, -0.2) is 4.79 Å². The van der Waals surface area contributed by atoms with E-state index in [1.165, 1.54) is 13.0 Å². The molecule has 2 rings (SSSR count). The average molecular weight is 303 g/mol. The highest BCUT2D eigenvalue weighted by atomic mass is 19.4. The Morgan fingerprint density at radius 3 is 2.57 bits per heavy atom. The van der Waals surface area contributed by atoms with E-state index >= 15 is 0 Å². The standard InChI is InChI=1S/C14H16F3NO3/c1-2-20-13(19)11-7-9(21-10-5-8(18)6-10)3-4-12(11)14(15,16)17/h3-4,7-8,10H,2,5-6,18H2,1H3. The second-order valence-corrected chi connectivity index (χ2v) is 4.90. The van der Waals surface area contributed by atoms with Gasteiger partial charge < -0.3 is 15.2 Å². The third kappa shape index (κ3) is 3.66. The highest BCUT2D eigenvalue weighted by molar-refractivity contribution is 5.91. The fraction of sp³-hybridized carbons (Fsp3) is 0.500. The zero-order chi connectivity index (χ0) is 15.6. The van der Waals surface area contributed by atoms with E-state index in [9.17, 15) is 18.0 Å². The van der Waals surface area contributed by atoms with E-state index in [-0.39, 0.29) is 24.5 Å². The number of alkyl halides is 3. The van der Waals surface area contributed by atoms with Crippen LogP contribution in [0.4, 0.5) is 13.2 Å². The van der Waals surface area contributed by atoms with Crippen LogP contribution in [0.1, 0.15) is 35.7 Å². The van der Waals surface area contributed by atoms with Crippen LogP contribution in [-0.2, 0) is 10.9 Å². The number of esters is 1. The number of nitrogens with two attached hydrogens (primary N) is 1. The molecule has 1 aliphatic carbocycles. The first-order valence-corrected chi connectivity index (χ1v) is 6.62. The smallest absolute Gasteiger partial charge is 0.417 e. The summed E-state index contributed by atoms with van der Waals surface area (Å²) >= 11 is 0. The molecule has 2 N–H and O–H groups in total. The Morgan fingerprint density at radius 2 is 2.05 bits per heavy atom. The number of benzene rings is 1. The van der Waals surface area contributed by atoms with Gasteiger partial charge in [-0.1, -0.05) is 0 Å². The molecule has 0 spiro atoms. The predicted octanol–water partition coefficient (Wildman–Crippen LogP) is 2.75. The van der Waals surface area contributed by atoms with Crippen LogP contribution >= 0.6 is 0 Å². The molecule has 0 aromatic heterocycles. The van der Waals surface area contributed by atoms with Crippen molar-refractivity contribution in [2.24, 2.45) is 5.73 Å². The first-order valence-electron chi connectivity index (χ1n) is 6.62. The molecule has 1 aromatic rings. The van der Waals surface area contributed by atoms with Gasteiger partial charge in [-0.2, -0.15) is 13.2 Å². The molecule has 1 fully saturated rings. The quantitative estimate of drug-likeness (QED) is 0.869. The van der Waals surface area contributed by atoms with Gasteiger partial charge in [0.1, 0.15) is 11.9 Å². The Bertz CT molecular complexity index is 525. The Kier molecular flexibility index (Phi) is 4.41. The molecular weight excluding hydrogens is 287 g/mol. The molecule has 1 aliphatic rings. The van der Waals surface area contributed by atoms with Crippen LogP contribution < -0.4 is 10.5 Å².